The molecule has 3 nitrogen and oxygen atoms in total. The van der Waals surface area contributed by atoms with E-state index in [-0.39, 0.29) is 0 Å². The van der Waals surface area contributed by atoms with Crippen LogP contribution in [0.3, 0.4) is 0 Å². The molecule has 0 radical (unpaired) electrons. The van der Waals surface area contributed by atoms with Gasteiger partial charge in [0.2, 0.25) is 0 Å². The highest BCUT2D eigenvalue weighted by atomic mass is 14.9. The average molecular weight is 219 g/mol. The first-order chi connectivity index (χ1) is 8.42. The second-order valence-corrected chi connectivity index (χ2v) is 4.25. The van der Waals surface area contributed by atoms with E-state index < -0.39 is 0 Å². The third-order valence-electron chi connectivity index (χ3n) is 3.24. The molecule has 0 bridgehead atoms. The number of aromatic nitrogens is 3. The maximum atomic E-state index is 4.62. The first kappa shape index (κ1) is 8.82. The van der Waals surface area contributed by atoms with E-state index in [4.69, 9.17) is 0 Å². The smallest absolute Gasteiger partial charge is 0.162 e. The lowest BCUT2D eigenvalue weighted by atomic mass is 10.1. The third-order valence-corrected chi connectivity index (χ3v) is 3.24. The van der Waals surface area contributed by atoms with E-state index in [9.17, 15) is 0 Å². The minimum atomic E-state index is 0.784. The Bertz CT molecular complexity index is 734. The van der Waals surface area contributed by atoms with E-state index in [1.54, 1.807) is 6.33 Å². The van der Waals surface area contributed by atoms with E-state index in [1.807, 2.05) is 6.20 Å². The van der Waals surface area contributed by atoms with Crippen molar-refractivity contribution in [3.63, 3.8) is 0 Å². The highest BCUT2D eigenvalue weighted by Gasteiger charge is 2.19. The maximum Gasteiger partial charge on any atom is 0.162 e. The van der Waals surface area contributed by atoms with Crippen molar-refractivity contribution in [2.24, 2.45) is 0 Å². The molecule has 3 aromatic rings. The van der Waals surface area contributed by atoms with E-state index in [0.717, 1.165) is 23.1 Å². The van der Waals surface area contributed by atoms with Gasteiger partial charge in [-0.3, -0.25) is 0 Å². The number of nitrogens with zero attached hydrogens (tertiary/aromatic N) is 3. The lowest BCUT2D eigenvalue weighted by Gasteiger charge is -2.01. The topological polar surface area (TPSA) is 38.7 Å². The quantitative estimate of drug-likeness (QED) is 0.456. The number of hydrogen-bond acceptors (Lipinski definition) is 3. The molecule has 0 atom stereocenters. The van der Waals surface area contributed by atoms with Gasteiger partial charge in [-0.2, -0.15) is 0 Å². The van der Waals surface area contributed by atoms with Crippen LogP contribution in [0.1, 0.15) is 11.3 Å². The molecule has 80 valence electrons. The Morgan fingerprint density at radius 3 is 3.00 bits per heavy atom. The monoisotopic (exact) mass is 219 g/mol. The van der Waals surface area contributed by atoms with Gasteiger partial charge >= 0.3 is 0 Å². The second kappa shape index (κ2) is 3.10. The molecule has 0 N–H and O–H groups in total. The molecule has 0 fully saturated rings. The summed E-state index contributed by atoms with van der Waals surface area (Å²) in [6, 6.07) is 10.6. The number of fused-ring (bicyclic) bond motifs is 4. The Kier molecular flexibility index (Phi) is 1.61. The van der Waals surface area contributed by atoms with Crippen LogP contribution in [0.5, 0.6) is 0 Å². The molecular weight excluding hydrogens is 210 g/mol. The van der Waals surface area contributed by atoms with Gasteiger partial charge in [0.25, 0.3) is 0 Å². The molecule has 17 heavy (non-hydrogen) atoms. The lowest BCUT2D eigenvalue weighted by molar-refractivity contribution is 1.11. The van der Waals surface area contributed by atoms with Gasteiger partial charge in [0.1, 0.15) is 6.33 Å². The Morgan fingerprint density at radius 2 is 2.00 bits per heavy atom. The summed E-state index contributed by atoms with van der Waals surface area (Å²) >= 11 is 0. The second-order valence-electron chi connectivity index (χ2n) is 4.25. The minimum Gasteiger partial charge on any atom is -0.244 e. The third kappa shape index (κ3) is 1.19. The summed E-state index contributed by atoms with van der Waals surface area (Å²) in [5.41, 5.74) is 5.77. The summed E-state index contributed by atoms with van der Waals surface area (Å²) in [6.45, 7) is 0. The molecule has 1 aliphatic carbocycles. The van der Waals surface area contributed by atoms with Gasteiger partial charge in [0.15, 0.2) is 5.65 Å². The zero-order valence-corrected chi connectivity index (χ0v) is 9.09. The van der Waals surface area contributed by atoms with Crippen molar-refractivity contribution in [2.45, 2.75) is 6.42 Å². The van der Waals surface area contributed by atoms with Crippen LogP contribution in [0.4, 0.5) is 0 Å². The number of pyridine rings is 1. The number of rotatable bonds is 0. The fourth-order valence-corrected chi connectivity index (χ4v) is 2.44. The van der Waals surface area contributed by atoms with Crippen LogP contribution in [0.25, 0.3) is 22.2 Å². The highest BCUT2D eigenvalue weighted by molar-refractivity contribution is 5.85. The van der Waals surface area contributed by atoms with Crippen LogP contribution >= 0.6 is 0 Å². The van der Waals surface area contributed by atoms with Gasteiger partial charge in [0.05, 0.1) is 5.69 Å². The van der Waals surface area contributed by atoms with Gasteiger partial charge < -0.3 is 0 Å². The average Bonchev–Trinajstić information content (AvgIpc) is 2.73. The molecule has 2 heterocycles. The molecular formula is C14H9N3. The zero-order valence-electron chi connectivity index (χ0n) is 9.09. The Balaban J connectivity index is 2.07. The zero-order chi connectivity index (χ0) is 11.2. The first-order valence-electron chi connectivity index (χ1n) is 5.60. The van der Waals surface area contributed by atoms with E-state index in [2.05, 4.69) is 45.3 Å². The molecule has 0 amide bonds. The van der Waals surface area contributed by atoms with Crippen LogP contribution in [-0.4, -0.2) is 15.0 Å². The SMILES string of the molecule is c1ccc2c(c1)Cc1nc3ncncc3cc1-2. The van der Waals surface area contributed by atoms with Crippen LogP contribution in [0.2, 0.25) is 0 Å². The molecule has 0 spiro atoms. The molecule has 0 saturated carbocycles. The molecule has 0 saturated heterocycles. The summed E-state index contributed by atoms with van der Waals surface area (Å²) in [7, 11) is 0. The normalized spacial score (nSPS) is 12.5. The van der Waals surface area contributed by atoms with Gasteiger partial charge in [-0.05, 0) is 17.2 Å². The van der Waals surface area contributed by atoms with Crippen molar-refractivity contribution < 1.29 is 0 Å². The summed E-state index contributed by atoms with van der Waals surface area (Å²) in [4.78, 5) is 12.9. The molecule has 2 aromatic heterocycles. The fourth-order valence-electron chi connectivity index (χ4n) is 2.44. The van der Waals surface area contributed by atoms with Crippen molar-refractivity contribution in [1.82, 2.24) is 15.0 Å². The van der Waals surface area contributed by atoms with Gasteiger partial charge in [-0.25, -0.2) is 15.0 Å². The number of hydrogen-bond donors (Lipinski definition) is 0. The minimum absolute atomic E-state index is 0.784. The summed E-state index contributed by atoms with van der Waals surface area (Å²) in [5.74, 6) is 0. The molecule has 1 aromatic carbocycles. The van der Waals surface area contributed by atoms with Crippen LogP contribution < -0.4 is 0 Å². The predicted molar refractivity (Wildman–Crippen MR) is 65.6 cm³/mol. The van der Waals surface area contributed by atoms with Crippen LogP contribution in [0.15, 0.2) is 42.9 Å². The lowest BCUT2D eigenvalue weighted by Crippen LogP contribution is -1.91. The molecule has 3 heteroatoms. The molecule has 0 aliphatic heterocycles. The van der Waals surface area contributed by atoms with Gasteiger partial charge in [-0.1, -0.05) is 24.3 Å². The van der Waals surface area contributed by atoms with Crippen molar-refractivity contribution >= 4 is 11.0 Å². The van der Waals surface area contributed by atoms with Crippen LogP contribution in [-0.2, 0) is 6.42 Å². The van der Waals surface area contributed by atoms with Crippen molar-refractivity contribution in [3.05, 3.63) is 54.1 Å². The number of benzene rings is 1. The molecule has 4 rings (SSSR count). The van der Waals surface area contributed by atoms with Crippen molar-refractivity contribution in [2.75, 3.05) is 0 Å². The maximum absolute atomic E-state index is 4.62. The Morgan fingerprint density at radius 1 is 1.06 bits per heavy atom. The summed E-state index contributed by atoms with van der Waals surface area (Å²) in [5, 5.41) is 1.00. The van der Waals surface area contributed by atoms with E-state index in [1.165, 1.54) is 16.7 Å². The summed E-state index contributed by atoms with van der Waals surface area (Å²) in [6.07, 6.45) is 4.27. The van der Waals surface area contributed by atoms with E-state index >= 15 is 0 Å². The first-order valence-corrected chi connectivity index (χ1v) is 5.60. The molecule has 0 unspecified atom stereocenters. The fraction of sp³-hybridized carbons (Fsp3) is 0.0714. The predicted octanol–water partition coefficient (Wildman–Crippen LogP) is 2.60. The Hall–Kier alpha value is -2.29. The van der Waals surface area contributed by atoms with Crippen molar-refractivity contribution in [1.29, 1.82) is 0 Å². The van der Waals surface area contributed by atoms with Crippen LogP contribution in [0, 0.1) is 0 Å². The van der Waals surface area contributed by atoms with E-state index in [0.29, 0.717) is 0 Å². The van der Waals surface area contributed by atoms with Crippen molar-refractivity contribution in [3.8, 4) is 11.1 Å². The highest BCUT2D eigenvalue weighted by Crippen LogP contribution is 2.36. The van der Waals surface area contributed by atoms with Gasteiger partial charge in [-0.15, -0.1) is 0 Å². The largest absolute Gasteiger partial charge is 0.244 e. The Labute approximate surface area is 98.2 Å². The standard InChI is InChI=1S/C14H9N3/c1-2-4-11-9(3-1)6-13-12(11)5-10-7-15-8-16-14(10)17-13/h1-5,7-8H,6H2. The summed E-state index contributed by atoms with van der Waals surface area (Å²) < 4.78 is 0. The molecule has 1 aliphatic rings. The van der Waals surface area contributed by atoms with Gasteiger partial charge in [0, 0.05) is 23.6 Å².